The molecule has 7 N–H and O–H groups in total. The molecular weight excluding hydrogens is 1130 g/mol. The van der Waals surface area contributed by atoms with Gasteiger partial charge in [0, 0.05) is 67.5 Å². The second-order valence-electron chi connectivity index (χ2n) is 20.8. The number of esters is 1. The van der Waals surface area contributed by atoms with Crippen LogP contribution in [-0.2, 0) is 94.1 Å². The number of sulfone groups is 1. The van der Waals surface area contributed by atoms with E-state index in [4.69, 9.17) is 28.7 Å². The minimum absolute atomic E-state index is 0.0304. The van der Waals surface area contributed by atoms with Gasteiger partial charge in [-0.1, -0.05) is 13.0 Å². The maximum Gasteiger partial charge on any atom is 0.411 e. The number of carboxylic acids is 1. The summed E-state index contributed by atoms with van der Waals surface area (Å²) in [5.41, 5.74) is 0.253. The predicted octanol–water partition coefficient (Wildman–Crippen LogP) is -0.729. The van der Waals surface area contributed by atoms with Gasteiger partial charge >= 0.3 is 18.0 Å². The largest absolute Gasteiger partial charge is 0.479 e. The highest BCUT2D eigenvalue weighted by molar-refractivity contribution is 7.90. The van der Waals surface area contributed by atoms with E-state index in [1.54, 1.807) is 13.8 Å². The average Bonchev–Trinajstić information content (AvgIpc) is 2.52. The molecule has 1 saturated heterocycles. The van der Waals surface area contributed by atoms with Gasteiger partial charge in [0.25, 0.3) is 17.4 Å². The molecular formula is C54H58FN7O21S. The zero-order valence-electron chi connectivity index (χ0n) is 45.5. The Labute approximate surface area is 476 Å². The fraction of sp³-hybridized carbons (Fsp3) is 0.444. The third-order valence-corrected chi connectivity index (χ3v) is 16.1. The van der Waals surface area contributed by atoms with Crippen LogP contribution in [0.5, 0.6) is 5.75 Å². The molecule has 84 heavy (non-hydrogen) atoms. The quantitative estimate of drug-likeness (QED) is 0.0287. The molecule has 448 valence electrons. The van der Waals surface area contributed by atoms with Crippen LogP contribution in [0.2, 0.25) is 0 Å². The molecule has 2 aromatic carbocycles. The molecule has 4 aliphatic heterocycles. The number of pyridine rings is 2. The second-order valence-corrected chi connectivity index (χ2v) is 23.0. The molecule has 0 spiro atoms. The molecule has 1 fully saturated rings. The highest BCUT2D eigenvalue weighted by Gasteiger charge is 2.49. The number of aryl methyl sites for hydroxylation is 1. The number of aliphatic carboxylic acids is 1. The number of carboxylic acid groups (broad SMARTS) is 1. The standard InChI is InChI=1S/C54H58FN7O21S/c1-5-54(76)30-17-35-44-28(19-62(35)49(71)29(30)22-80-52(54)74)43-32(8-7-27-25(2)31(55)18-34(58-44)42(27)43)56-38(64)23-79-24-60(14-15-84(4,77)78)53(75)81-21-26-6-9-36(82-51-47(70)45(68)46(69)48(83-51)50(72)73)33(16-26)57-37(63)20-59(3)39(65)12-13-61-40(66)10-11-41(61)67/h6,9-11,16-18,32,45-48,51,68-70,76H,5,7-8,12-15,19-24H2,1-4H3,(H,56,64)(H,57,63)(H,72,73)/t32-,45-,46-,47?,48?,51+,54-/m0/s1. The molecule has 0 bridgehead atoms. The van der Waals surface area contributed by atoms with Crippen molar-refractivity contribution in [1.82, 2.24) is 29.6 Å². The zero-order chi connectivity index (χ0) is 60.9. The molecule has 28 nitrogen and oxygen atoms in total. The number of hydrogen-bond donors (Lipinski definition) is 7. The summed E-state index contributed by atoms with van der Waals surface area (Å²) in [6, 6.07) is 5.68. The van der Waals surface area contributed by atoms with Gasteiger partial charge in [-0.25, -0.2) is 32.2 Å². The number of halogens is 1. The van der Waals surface area contributed by atoms with Crippen molar-refractivity contribution in [3.63, 3.8) is 0 Å². The highest BCUT2D eigenvalue weighted by atomic mass is 32.2. The summed E-state index contributed by atoms with van der Waals surface area (Å²) in [6.07, 6.45) is -8.23. The maximum absolute atomic E-state index is 15.5. The SMILES string of the molecule is CC[C@@]1(O)C(=O)OCc2c1cc1n(c2=O)Cc2c-1nc1cc(F)c(C)c3c1c2[C@@H](NC(=O)COCN(CCS(C)(=O)=O)C(=O)OCc1ccc(O[C@@H]2OC(C(=O)O)[C@@H](O)[C@H](O)C2O)c(NC(=O)CN(C)C(=O)CCN2C(=O)C=CC2=O)c1)CC3. The Kier molecular flexibility index (Phi) is 17.1. The van der Waals surface area contributed by atoms with Gasteiger partial charge in [-0.05, 0) is 66.6 Å². The van der Waals surface area contributed by atoms with Crippen LogP contribution in [0, 0.1) is 12.7 Å². The summed E-state index contributed by atoms with van der Waals surface area (Å²) in [5, 5.41) is 58.3. The lowest BCUT2D eigenvalue weighted by atomic mass is 9.81. The molecule has 7 atom stereocenters. The normalized spacial score (nSPS) is 22.2. The molecule has 5 aliphatic rings. The minimum Gasteiger partial charge on any atom is -0.479 e. The number of rotatable bonds is 20. The van der Waals surface area contributed by atoms with E-state index in [0.29, 0.717) is 34.1 Å². The first-order chi connectivity index (χ1) is 39.7. The average molecular weight is 1190 g/mol. The molecule has 0 saturated carbocycles. The molecule has 2 aromatic heterocycles. The van der Waals surface area contributed by atoms with Crippen molar-refractivity contribution in [1.29, 1.82) is 0 Å². The highest BCUT2D eigenvalue weighted by Crippen LogP contribution is 2.46. The number of anilines is 1. The molecule has 30 heteroatoms. The van der Waals surface area contributed by atoms with Crippen LogP contribution in [0.1, 0.15) is 71.2 Å². The molecule has 9 rings (SSSR count). The molecule has 0 radical (unpaired) electrons. The number of carbonyl (C=O) groups excluding carboxylic acids is 7. The second kappa shape index (κ2) is 23.8. The van der Waals surface area contributed by atoms with Crippen molar-refractivity contribution in [2.75, 3.05) is 57.3 Å². The van der Waals surface area contributed by atoms with Gasteiger partial charge in [-0.15, -0.1) is 0 Å². The van der Waals surface area contributed by atoms with Crippen molar-refractivity contribution >= 4 is 74.0 Å². The fourth-order valence-corrected chi connectivity index (χ4v) is 11.1. The third-order valence-electron chi connectivity index (χ3n) is 15.2. The van der Waals surface area contributed by atoms with Crippen LogP contribution in [-0.4, -0.2) is 189 Å². The Morgan fingerprint density at radius 2 is 1.70 bits per heavy atom. The number of ether oxygens (including phenoxy) is 5. The number of cyclic esters (lactones) is 1. The summed E-state index contributed by atoms with van der Waals surface area (Å²) >= 11 is 0. The predicted molar refractivity (Wildman–Crippen MR) is 284 cm³/mol. The van der Waals surface area contributed by atoms with Crippen LogP contribution in [0.4, 0.5) is 14.9 Å². The van der Waals surface area contributed by atoms with Gasteiger partial charge in [0.1, 0.15) is 66.3 Å². The van der Waals surface area contributed by atoms with Crippen LogP contribution in [0.25, 0.3) is 22.3 Å². The summed E-state index contributed by atoms with van der Waals surface area (Å²) in [5.74, 6) is -7.53. The number of hydrogen-bond acceptors (Lipinski definition) is 21. The van der Waals surface area contributed by atoms with E-state index in [-0.39, 0.29) is 84.0 Å². The van der Waals surface area contributed by atoms with Crippen molar-refractivity contribution in [2.45, 2.75) is 102 Å². The van der Waals surface area contributed by atoms with E-state index in [9.17, 15) is 77.1 Å². The topological polar surface area (TPSA) is 387 Å². The molecule has 6 amide bonds. The Morgan fingerprint density at radius 3 is 2.39 bits per heavy atom. The minimum atomic E-state index is -3.72. The lowest BCUT2D eigenvalue weighted by molar-refractivity contribution is -0.271. The van der Waals surface area contributed by atoms with E-state index in [1.165, 1.54) is 41.9 Å². The van der Waals surface area contributed by atoms with Crippen molar-refractivity contribution in [2.24, 2.45) is 0 Å². The monoisotopic (exact) mass is 1190 g/mol. The van der Waals surface area contributed by atoms with Crippen LogP contribution < -0.4 is 20.9 Å². The molecule has 1 aliphatic carbocycles. The molecule has 6 heterocycles. The van der Waals surface area contributed by atoms with E-state index >= 15 is 4.39 Å². The number of amides is 6. The maximum atomic E-state index is 15.5. The van der Waals surface area contributed by atoms with E-state index < -0.39 is 150 Å². The van der Waals surface area contributed by atoms with E-state index in [1.807, 2.05) is 0 Å². The van der Waals surface area contributed by atoms with E-state index in [0.717, 1.165) is 33.1 Å². The number of likely N-dealkylation sites (N-methyl/N-ethyl adjacent to an activating group) is 1. The fourth-order valence-electron chi connectivity index (χ4n) is 10.6. The number of aromatic nitrogens is 2. The first kappa shape index (κ1) is 60.3. The number of aliphatic hydroxyl groups is 4. The summed E-state index contributed by atoms with van der Waals surface area (Å²) < 4.78 is 69.0. The van der Waals surface area contributed by atoms with Gasteiger partial charge in [0.15, 0.2) is 11.7 Å². The van der Waals surface area contributed by atoms with Gasteiger partial charge in [0.2, 0.25) is 24.0 Å². The third kappa shape index (κ3) is 11.9. The van der Waals surface area contributed by atoms with Crippen molar-refractivity contribution in [3.8, 4) is 17.1 Å². The number of nitrogens with one attached hydrogen (secondary N) is 2. The van der Waals surface area contributed by atoms with Crippen LogP contribution in [0.15, 0.2) is 47.3 Å². The van der Waals surface area contributed by atoms with Gasteiger partial charge in [-0.3, -0.25) is 38.6 Å². The van der Waals surface area contributed by atoms with E-state index in [2.05, 4.69) is 10.6 Å². The number of carbonyl (C=O) groups is 8. The van der Waals surface area contributed by atoms with Crippen LogP contribution in [0.3, 0.4) is 0 Å². The number of imide groups is 1. The van der Waals surface area contributed by atoms with Gasteiger partial charge < -0.3 is 69.3 Å². The Hall–Kier alpha value is -8.26. The van der Waals surface area contributed by atoms with Crippen LogP contribution >= 0.6 is 0 Å². The molecule has 4 aromatic rings. The zero-order valence-corrected chi connectivity index (χ0v) is 46.3. The molecule has 2 unspecified atom stereocenters. The number of benzene rings is 2. The first-order valence-electron chi connectivity index (χ1n) is 26.3. The number of fused-ring (bicyclic) bond motifs is 5. The van der Waals surface area contributed by atoms with Crippen molar-refractivity contribution < 1.29 is 100 Å². The lowest BCUT2D eigenvalue weighted by Gasteiger charge is -2.38. The number of aliphatic hydroxyl groups excluding tert-OH is 3. The number of nitrogens with zero attached hydrogens (tertiary/aromatic N) is 5. The lowest BCUT2D eigenvalue weighted by Crippen LogP contribution is -2.61. The summed E-state index contributed by atoms with van der Waals surface area (Å²) in [4.78, 5) is 124. The smallest absolute Gasteiger partial charge is 0.411 e. The van der Waals surface area contributed by atoms with Crippen molar-refractivity contribution in [3.05, 3.63) is 97.6 Å². The summed E-state index contributed by atoms with van der Waals surface area (Å²) in [6.45, 7) is -0.586. The Balaban J connectivity index is 0.898. The summed E-state index contributed by atoms with van der Waals surface area (Å²) in [7, 11) is -2.46. The Morgan fingerprint density at radius 1 is 0.976 bits per heavy atom. The first-order valence-corrected chi connectivity index (χ1v) is 28.3. The van der Waals surface area contributed by atoms with Gasteiger partial charge in [0.05, 0.1) is 53.0 Å². The Bertz CT molecular complexity index is 3630. The van der Waals surface area contributed by atoms with Gasteiger partial charge in [-0.2, -0.15) is 0 Å².